The maximum Gasteiger partial charge on any atom is 2.00 e. The number of hydrogen-bond acceptors (Lipinski definition) is 1. The molecule has 0 N–H and O–H groups in total. The molecule has 3 aliphatic rings. The van der Waals surface area contributed by atoms with E-state index in [1.807, 2.05) is 72.3 Å². The molecule has 0 aromatic rings. The Morgan fingerprint density at radius 2 is 1.38 bits per heavy atom. The number of amides is 1. The van der Waals surface area contributed by atoms with E-state index in [1.54, 1.807) is 4.90 Å². The summed E-state index contributed by atoms with van der Waals surface area (Å²) in [5, 5.41) is 0. The summed E-state index contributed by atoms with van der Waals surface area (Å²) >= 11 is 0. The van der Waals surface area contributed by atoms with E-state index in [9.17, 15) is 4.79 Å². The van der Waals surface area contributed by atoms with Crippen molar-refractivity contribution in [1.29, 1.82) is 0 Å². The molecule has 21 heavy (non-hydrogen) atoms. The second-order valence-electron chi connectivity index (χ2n) is 5.45. The Balaban J connectivity index is 0.000000313. The van der Waals surface area contributed by atoms with Crippen molar-refractivity contribution in [3.05, 3.63) is 75.4 Å². The molecule has 0 unspecified atom stereocenters. The fourth-order valence-electron chi connectivity index (χ4n) is 2.78. The third-order valence-electron chi connectivity index (χ3n) is 3.59. The molecule has 1 spiro atoms. The Morgan fingerprint density at radius 1 is 0.952 bits per heavy atom. The number of carbonyl (C=O) groups is 1. The van der Waals surface area contributed by atoms with Gasteiger partial charge in [0, 0.05) is 24.6 Å². The molecule has 1 aliphatic heterocycles. The van der Waals surface area contributed by atoms with Crippen LogP contribution in [-0.2, 0) is 24.3 Å². The largest absolute Gasteiger partial charge is 2.00 e. The predicted molar refractivity (Wildman–Crippen MR) is 81.4 cm³/mol. The summed E-state index contributed by atoms with van der Waals surface area (Å²) in [7, 11) is 1.86. The fraction of sp³-hybridized carbons (Fsp3) is 0.278. The summed E-state index contributed by atoms with van der Waals surface area (Å²) in [4.78, 5) is 13.8. The van der Waals surface area contributed by atoms with Crippen LogP contribution < -0.4 is 0 Å². The van der Waals surface area contributed by atoms with Crippen LogP contribution in [0.3, 0.4) is 0 Å². The van der Waals surface area contributed by atoms with Crippen LogP contribution in [0.25, 0.3) is 0 Å². The van der Waals surface area contributed by atoms with Crippen LogP contribution in [0.15, 0.2) is 11.1 Å². The SMILES string of the molecule is CC(C)=C1C(=O)N(C)CC12[CH][CH][CH][CH][CH]2.[CH]1[CH][CH][CH][CH]1.[Ru+2]. The first-order valence-corrected chi connectivity index (χ1v) is 6.87. The van der Waals surface area contributed by atoms with Gasteiger partial charge in [0.25, 0.3) is 0 Å². The molecule has 1 amide bonds. The van der Waals surface area contributed by atoms with Crippen molar-refractivity contribution in [2.45, 2.75) is 13.8 Å². The Morgan fingerprint density at radius 3 is 1.81 bits per heavy atom. The summed E-state index contributed by atoms with van der Waals surface area (Å²) in [5.74, 6) is 0.159. The third kappa shape index (κ3) is 4.41. The molecule has 2 nitrogen and oxygen atoms in total. The van der Waals surface area contributed by atoms with Gasteiger partial charge in [0.2, 0.25) is 5.91 Å². The zero-order chi connectivity index (χ0) is 14.6. The van der Waals surface area contributed by atoms with Crippen LogP contribution in [0.1, 0.15) is 13.8 Å². The number of likely N-dealkylation sites (tertiary alicyclic amines) is 1. The van der Waals surface area contributed by atoms with Crippen LogP contribution in [0.4, 0.5) is 0 Å². The molecule has 0 aromatic heterocycles. The van der Waals surface area contributed by atoms with Gasteiger partial charge in [-0.1, -0.05) is 5.57 Å². The Labute approximate surface area is 143 Å². The van der Waals surface area contributed by atoms with Gasteiger partial charge < -0.3 is 4.90 Å². The van der Waals surface area contributed by atoms with Crippen molar-refractivity contribution in [1.82, 2.24) is 4.90 Å². The van der Waals surface area contributed by atoms with E-state index in [2.05, 4.69) is 12.8 Å². The van der Waals surface area contributed by atoms with E-state index in [1.165, 1.54) is 0 Å². The van der Waals surface area contributed by atoms with E-state index < -0.39 is 0 Å². The number of allylic oxidation sites excluding steroid dienone is 1. The first kappa shape index (κ1) is 18.9. The molecule has 10 radical (unpaired) electrons. The number of hydrogen-bond donors (Lipinski definition) is 0. The molecule has 3 rings (SSSR count). The average Bonchev–Trinajstić information content (AvgIpc) is 3.03. The minimum atomic E-state index is -0.181. The second-order valence-corrected chi connectivity index (χ2v) is 5.45. The van der Waals surface area contributed by atoms with Gasteiger partial charge in [-0.15, -0.1) is 0 Å². The normalized spacial score (nSPS) is 23.7. The molecule has 0 aromatic carbocycles. The topological polar surface area (TPSA) is 20.3 Å². The van der Waals surface area contributed by atoms with Crippen molar-refractivity contribution in [3.8, 4) is 0 Å². The Hall–Kier alpha value is -0.167. The molecule has 0 atom stereocenters. The van der Waals surface area contributed by atoms with E-state index in [0.717, 1.165) is 17.7 Å². The molecule has 110 valence electrons. The second kappa shape index (κ2) is 8.46. The van der Waals surface area contributed by atoms with Crippen LogP contribution >= 0.6 is 0 Å². The van der Waals surface area contributed by atoms with Crippen molar-refractivity contribution < 1.29 is 24.3 Å². The van der Waals surface area contributed by atoms with E-state index >= 15 is 0 Å². The smallest absolute Gasteiger partial charge is 0.341 e. The van der Waals surface area contributed by atoms with Crippen LogP contribution in [0, 0.1) is 69.6 Å². The summed E-state index contributed by atoms with van der Waals surface area (Å²) < 4.78 is 0. The molecular weight excluding hydrogens is 347 g/mol. The zero-order valence-corrected chi connectivity index (χ0v) is 14.4. The summed E-state index contributed by atoms with van der Waals surface area (Å²) in [6.45, 7) is 4.77. The quantitative estimate of drug-likeness (QED) is 0.476. The third-order valence-corrected chi connectivity index (χ3v) is 3.59. The Bertz CT molecular complexity index is 367. The summed E-state index contributed by atoms with van der Waals surface area (Å²) in [6.07, 6.45) is 20.3. The van der Waals surface area contributed by atoms with Gasteiger partial charge in [0.15, 0.2) is 0 Å². The first-order valence-electron chi connectivity index (χ1n) is 6.87. The van der Waals surface area contributed by atoms with Gasteiger partial charge in [-0.3, -0.25) is 4.79 Å². The monoisotopic (exact) mass is 369 g/mol. The van der Waals surface area contributed by atoms with Crippen molar-refractivity contribution in [2.75, 3.05) is 13.6 Å². The number of rotatable bonds is 0. The van der Waals surface area contributed by atoms with Gasteiger partial charge in [0.1, 0.15) is 0 Å². The molecular formula is C18H21NORu+2. The van der Waals surface area contributed by atoms with Gasteiger partial charge in [-0.2, -0.15) is 0 Å². The molecule has 1 heterocycles. The van der Waals surface area contributed by atoms with Gasteiger partial charge >= 0.3 is 19.5 Å². The summed E-state index contributed by atoms with van der Waals surface area (Å²) in [5.41, 5.74) is 1.87. The van der Waals surface area contributed by atoms with Gasteiger partial charge in [0.05, 0.1) is 0 Å². The van der Waals surface area contributed by atoms with Crippen LogP contribution in [-0.4, -0.2) is 24.4 Å². The van der Waals surface area contributed by atoms with Crippen molar-refractivity contribution in [2.24, 2.45) is 5.41 Å². The minimum Gasteiger partial charge on any atom is -0.341 e. The average molecular weight is 368 g/mol. The van der Waals surface area contributed by atoms with E-state index in [0.29, 0.717) is 0 Å². The van der Waals surface area contributed by atoms with Crippen molar-refractivity contribution in [3.63, 3.8) is 0 Å². The number of carbonyl (C=O) groups excluding carboxylic acids is 1. The predicted octanol–water partition coefficient (Wildman–Crippen LogP) is 2.84. The van der Waals surface area contributed by atoms with Crippen molar-refractivity contribution >= 4 is 5.91 Å². The molecule has 0 bridgehead atoms. The molecule has 2 aliphatic carbocycles. The standard InChI is InChI=1S/C13H16NO.C5H5.Ru/c1-10(2)11-12(15)14(3)9-13(11)7-5-4-6-8-13;1-2-4-5-3-1;/h4-8H,9H2,1-3H3;1-5H;/q;;+2. The summed E-state index contributed by atoms with van der Waals surface area (Å²) in [6, 6.07) is 0. The van der Waals surface area contributed by atoms with E-state index in [4.69, 9.17) is 0 Å². The Kier molecular flexibility index (Phi) is 7.61. The molecule has 1 saturated heterocycles. The minimum absolute atomic E-state index is 0. The van der Waals surface area contributed by atoms with Gasteiger partial charge in [-0.25, -0.2) is 0 Å². The number of nitrogens with zero attached hydrogens (tertiary/aromatic N) is 1. The maximum atomic E-state index is 12.0. The van der Waals surface area contributed by atoms with E-state index in [-0.39, 0.29) is 30.8 Å². The van der Waals surface area contributed by atoms with Crippen LogP contribution in [0.2, 0.25) is 0 Å². The van der Waals surface area contributed by atoms with Crippen LogP contribution in [0.5, 0.6) is 0 Å². The number of likely N-dealkylation sites (N-methyl/N-ethyl adjacent to an activating group) is 1. The fourth-order valence-corrected chi connectivity index (χ4v) is 2.78. The molecule has 3 fully saturated rings. The first-order chi connectivity index (χ1) is 9.57. The zero-order valence-electron chi connectivity index (χ0n) is 12.7. The van der Waals surface area contributed by atoms with Gasteiger partial charge in [-0.05, 0) is 78.1 Å². The maximum absolute atomic E-state index is 12.0. The molecule has 2 saturated carbocycles. The molecule has 3 heteroatoms.